The molecule has 0 heterocycles. The highest BCUT2D eigenvalue weighted by molar-refractivity contribution is 7.99. The zero-order valence-electron chi connectivity index (χ0n) is 19.4. The minimum absolute atomic E-state index is 0.138. The molecule has 0 spiro atoms. The maximum atomic E-state index is 12.0. The van der Waals surface area contributed by atoms with Crippen LogP contribution in [0.3, 0.4) is 0 Å². The van der Waals surface area contributed by atoms with Crippen molar-refractivity contribution in [3.63, 3.8) is 0 Å². The van der Waals surface area contributed by atoms with Gasteiger partial charge in [-0.2, -0.15) is 0 Å². The fourth-order valence-corrected chi connectivity index (χ4v) is 2.29. The smallest absolute Gasteiger partial charge is 0.206 e. The predicted octanol–water partition coefficient (Wildman–Crippen LogP) is 8.54. The molecule has 0 aliphatic carbocycles. The lowest BCUT2D eigenvalue weighted by atomic mass is 10.4. The third kappa shape index (κ3) is 25.8. The largest absolute Gasteiger partial charge is 0.219 e. The molecule has 0 unspecified atom stereocenters. The van der Waals surface area contributed by atoms with Crippen molar-refractivity contribution in [1.29, 1.82) is 0 Å². The van der Waals surface area contributed by atoms with Gasteiger partial charge in [-0.3, -0.25) is 0 Å². The van der Waals surface area contributed by atoms with Crippen LogP contribution < -0.4 is 0 Å². The summed E-state index contributed by atoms with van der Waals surface area (Å²) in [4.78, 5) is 0.309. The fourth-order valence-electron chi connectivity index (χ4n) is 1.02. The van der Waals surface area contributed by atoms with Gasteiger partial charge in [0.2, 0.25) is 9.84 Å². The van der Waals surface area contributed by atoms with E-state index in [4.69, 9.17) is 0 Å². The molecule has 0 N–H and O–H groups in total. The van der Waals surface area contributed by atoms with Gasteiger partial charge in [-0.15, -0.1) is 13.2 Å². The molecular formula is C25H44O2S. The summed E-state index contributed by atoms with van der Waals surface area (Å²) >= 11 is 0. The lowest BCUT2D eigenvalue weighted by molar-refractivity contribution is 0.609. The van der Waals surface area contributed by atoms with Crippen molar-refractivity contribution in [2.24, 2.45) is 0 Å². The molecule has 0 rings (SSSR count). The SMILES string of the molecule is C=C.C=C/C=C\C=C(/C=C)S(=O)(=O)/C(C=C)=C/C.C=CC=C.CC.CC.CC. The summed E-state index contributed by atoms with van der Waals surface area (Å²) in [5.41, 5.74) is 0. The Bertz CT molecular complexity index is 551. The number of hydrogen-bond donors (Lipinski definition) is 0. The minimum atomic E-state index is -3.49. The van der Waals surface area contributed by atoms with E-state index in [1.165, 1.54) is 24.3 Å². The van der Waals surface area contributed by atoms with Crippen molar-refractivity contribution in [2.75, 3.05) is 0 Å². The molecule has 0 fully saturated rings. The molecule has 162 valence electrons. The number of sulfone groups is 1. The quantitative estimate of drug-likeness (QED) is 0.312. The third-order valence-electron chi connectivity index (χ3n) is 1.98. The molecule has 0 aromatic carbocycles. The molecule has 0 saturated carbocycles. The Balaban J connectivity index is -0.0000000841. The average Bonchev–Trinajstić information content (AvgIpc) is 2.77. The molecule has 0 atom stereocenters. The average molecular weight is 409 g/mol. The van der Waals surface area contributed by atoms with Crippen LogP contribution in [0.4, 0.5) is 0 Å². The van der Waals surface area contributed by atoms with Gasteiger partial charge in [0, 0.05) is 0 Å². The summed E-state index contributed by atoms with van der Waals surface area (Å²) in [5, 5.41) is 0. The van der Waals surface area contributed by atoms with Crippen LogP contribution in [0.25, 0.3) is 0 Å². The monoisotopic (exact) mass is 408 g/mol. The van der Waals surface area contributed by atoms with Crippen molar-refractivity contribution >= 4 is 9.84 Å². The van der Waals surface area contributed by atoms with Gasteiger partial charge in [0.15, 0.2) is 0 Å². The van der Waals surface area contributed by atoms with Crippen LogP contribution in [0.5, 0.6) is 0 Å². The Morgan fingerprint density at radius 3 is 1.21 bits per heavy atom. The van der Waals surface area contributed by atoms with E-state index in [2.05, 4.69) is 46.1 Å². The van der Waals surface area contributed by atoms with Crippen molar-refractivity contribution in [2.45, 2.75) is 48.5 Å². The number of rotatable bonds is 7. The summed E-state index contributed by atoms with van der Waals surface area (Å²) in [6.07, 6.45) is 13.7. The van der Waals surface area contributed by atoms with E-state index in [0.717, 1.165) is 0 Å². The highest BCUT2D eigenvalue weighted by Gasteiger charge is 2.17. The number of hydrogen-bond acceptors (Lipinski definition) is 2. The van der Waals surface area contributed by atoms with E-state index in [0.29, 0.717) is 0 Å². The van der Waals surface area contributed by atoms with E-state index in [1.807, 2.05) is 41.5 Å². The van der Waals surface area contributed by atoms with Crippen LogP contribution in [-0.4, -0.2) is 8.42 Å². The summed E-state index contributed by atoms with van der Waals surface area (Å²) in [7, 11) is -3.49. The van der Waals surface area contributed by atoms with Gasteiger partial charge in [-0.1, -0.05) is 123 Å². The standard InChI is InChI=1S/C13H16O2S.C4H6.3C2H6.C2H4/c1-5-9-10-11-13(8-4)16(14,15)12(6-2)7-3;1-3-4-2;4*1-2/h5-11H,1-2,4H2,3H3;3-4H,1-2H2;3*1-2H3;1-2H2/b10-9-,12-7+,13-11+;;;;;. The van der Waals surface area contributed by atoms with Crippen LogP contribution >= 0.6 is 0 Å². The summed E-state index contributed by atoms with van der Waals surface area (Å²) in [6, 6.07) is 0. The summed E-state index contributed by atoms with van der Waals surface area (Å²) < 4.78 is 24.0. The molecule has 0 aromatic heterocycles. The summed E-state index contributed by atoms with van der Waals surface area (Å²) in [6.45, 7) is 36.8. The predicted molar refractivity (Wildman–Crippen MR) is 136 cm³/mol. The molecule has 0 aliphatic heterocycles. The molecule has 0 saturated heterocycles. The molecule has 28 heavy (non-hydrogen) atoms. The van der Waals surface area contributed by atoms with Crippen molar-refractivity contribution in [1.82, 2.24) is 0 Å². The van der Waals surface area contributed by atoms with Crippen molar-refractivity contribution < 1.29 is 8.42 Å². The van der Waals surface area contributed by atoms with Crippen LogP contribution in [0, 0.1) is 0 Å². The van der Waals surface area contributed by atoms with E-state index < -0.39 is 9.84 Å². The first-order valence-corrected chi connectivity index (χ1v) is 10.8. The van der Waals surface area contributed by atoms with Gasteiger partial charge in [0.1, 0.15) is 0 Å². The van der Waals surface area contributed by atoms with Gasteiger partial charge >= 0.3 is 0 Å². The molecule has 0 aromatic rings. The van der Waals surface area contributed by atoms with Gasteiger partial charge in [-0.25, -0.2) is 8.42 Å². The lowest BCUT2D eigenvalue weighted by Gasteiger charge is -2.04. The van der Waals surface area contributed by atoms with Crippen LogP contribution in [-0.2, 0) is 9.84 Å². The Morgan fingerprint density at radius 2 is 1.00 bits per heavy atom. The molecule has 0 amide bonds. The summed E-state index contributed by atoms with van der Waals surface area (Å²) in [5.74, 6) is 0. The Labute approximate surface area is 177 Å². The second kappa shape index (κ2) is 39.6. The maximum absolute atomic E-state index is 12.0. The second-order valence-corrected chi connectivity index (χ2v) is 5.21. The van der Waals surface area contributed by atoms with E-state index in [1.54, 1.807) is 37.3 Å². The zero-order valence-corrected chi connectivity index (χ0v) is 20.2. The topological polar surface area (TPSA) is 34.1 Å². The highest BCUT2D eigenvalue weighted by Crippen LogP contribution is 2.19. The first kappa shape index (κ1) is 40.3. The molecule has 0 radical (unpaired) electrons. The van der Waals surface area contributed by atoms with E-state index in [9.17, 15) is 8.42 Å². The molecule has 0 aliphatic rings. The Hall–Kier alpha value is -2.39. The van der Waals surface area contributed by atoms with E-state index >= 15 is 0 Å². The van der Waals surface area contributed by atoms with Crippen LogP contribution in [0.2, 0.25) is 0 Å². The van der Waals surface area contributed by atoms with E-state index in [-0.39, 0.29) is 9.81 Å². The third-order valence-corrected chi connectivity index (χ3v) is 3.93. The molecule has 2 nitrogen and oxygen atoms in total. The normalized spacial score (nSPS) is 9.39. The molecule has 3 heteroatoms. The van der Waals surface area contributed by atoms with Gasteiger partial charge < -0.3 is 0 Å². The maximum Gasteiger partial charge on any atom is 0.206 e. The fraction of sp³-hybridized carbons (Fsp3) is 0.280. The van der Waals surface area contributed by atoms with Gasteiger partial charge in [0.05, 0.1) is 9.81 Å². The van der Waals surface area contributed by atoms with Crippen molar-refractivity contribution in [3.05, 3.63) is 111 Å². The lowest BCUT2D eigenvalue weighted by Crippen LogP contribution is -2.03. The minimum Gasteiger partial charge on any atom is -0.219 e. The number of allylic oxidation sites excluding steroid dienone is 9. The second-order valence-electron chi connectivity index (χ2n) is 3.26. The van der Waals surface area contributed by atoms with Gasteiger partial charge in [-0.05, 0) is 13.0 Å². The Kier molecular flexibility index (Phi) is 57.1. The van der Waals surface area contributed by atoms with Crippen LogP contribution in [0.1, 0.15) is 48.5 Å². The zero-order chi connectivity index (χ0) is 24.0. The first-order chi connectivity index (χ1) is 13.5. The van der Waals surface area contributed by atoms with Crippen molar-refractivity contribution in [3.8, 4) is 0 Å². The van der Waals surface area contributed by atoms with Crippen LogP contribution in [0.15, 0.2) is 111 Å². The molecular weight excluding hydrogens is 364 g/mol. The first-order valence-electron chi connectivity index (χ1n) is 9.35. The van der Waals surface area contributed by atoms with Gasteiger partial charge in [0.25, 0.3) is 0 Å². The Morgan fingerprint density at radius 1 is 0.643 bits per heavy atom. The highest BCUT2D eigenvalue weighted by atomic mass is 32.2. The molecule has 0 bridgehead atoms.